The van der Waals surface area contributed by atoms with Crippen molar-refractivity contribution in [2.24, 2.45) is 0 Å². The minimum atomic E-state index is 0.140. The fraction of sp³-hybridized carbons (Fsp3) is 0.0513. The lowest BCUT2D eigenvalue weighted by molar-refractivity contribution is 0.979. The molecule has 4 heteroatoms. The van der Waals surface area contributed by atoms with E-state index in [9.17, 15) is 4.79 Å². The molecule has 3 aromatic heterocycles. The van der Waals surface area contributed by atoms with Crippen LogP contribution in [-0.2, 0) is 12.8 Å². The molecule has 0 atom stereocenters. The van der Waals surface area contributed by atoms with Crippen molar-refractivity contribution < 1.29 is 0 Å². The zero-order valence-electron chi connectivity index (χ0n) is 23.1. The van der Waals surface area contributed by atoms with Gasteiger partial charge in [-0.25, -0.2) is 0 Å². The first-order valence-electron chi connectivity index (χ1n) is 14.6. The summed E-state index contributed by atoms with van der Waals surface area (Å²) in [5, 5.41) is 6.87. The molecule has 0 bridgehead atoms. The summed E-state index contributed by atoms with van der Waals surface area (Å²) in [5.41, 5.74) is 9.16. The summed E-state index contributed by atoms with van der Waals surface area (Å²) in [6.07, 6.45) is 1.69. The van der Waals surface area contributed by atoms with Gasteiger partial charge in [-0.15, -0.1) is 22.7 Å². The van der Waals surface area contributed by atoms with Gasteiger partial charge in [-0.2, -0.15) is 0 Å². The highest BCUT2D eigenvalue weighted by Crippen LogP contribution is 2.42. The highest BCUT2D eigenvalue weighted by molar-refractivity contribution is 7.26. The second kappa shape index (κ2) is 8.63. The van der Waals surface area contributed by atoms with Crippen molar-refractivity contribution in [1.29, 1.82) is 0 Å². The van der Waals surface area contributed by atoms with Gasteiger partial charge in [-0.3, -0.25) is 4.79 Å². The maximum absolute atomic E-state index is 13.5. The summed E-state index contributed by atoms with van der Waals surface area (Å²) in [6, 6.07) is 41.6. The summed E-state index contributed by atoms with van der Waals surface area (Å²) in [4.78, 5) is 13.5. The summed E-state index contributed by atoms with van der Waals surface area (Å²) in [5.74, 6) is 0. The maximum atomic E-state index is 13.5. The Morgan fingerprint density at radius 1 is 0.465 bits per heavy atom. The second-order valence-corrected chi connectivity index (χ2v) is 13.8. The van der Waals surface area contributed by atoms with Crippen molar-refractivity contribution in [2.75, 3.05) is 0 Å². The Bertz CT molecular complexity index is 2710. The van der Waals surface area contributed by atoms with E-state index in [2.05, 4.69) is 102 Å². The predicted octanol–water partition coefficient (Wildman–Crippen LogP) is 10.4. The molecule has 0 N–H and O–H groups in total. The number of thiophene rings is 1. The highest BCUT2D eigenvalue weighted by atomic mass is 32.1. The van der Waals surface area contributed by atoms with Crippen LogP contribution >= 0.6 is 22.7 Å². The van der Waals surface area contributed by atoms with Crippen molar-refractivity contribution in [3.05, 3.63) is 148 Å². The minimum Gasteiger partial charge on any atom is -0.309 e. The third kappa shape index (κ3) is 3.31. The van der Waals surface area contributed by atoms with Crippen molar-refractivity contribution in [3.63, 3.8) is 0 Å². The first-order chi connectivity index (χ1) is 21.2. The third-order valence-corrected chi connectivity index (χ3v) is 11.6. The van der Waals surface area contributed by atoms with E-state index in [1.54, 1.807) is 11.3 Å². The van der Waals surface area contributed by atoms with E-state index < -0.39 is 0 Å². The molecule has 0 fully saturated rings. The molecule has 6 aromatic carbocycles. The van der Waals surface area contributed by atoms with E-state index in [0.717, 1.165) is 33.0 Å². The van der Waals surface area contributed by atoms with Crippen molar-refractivity contribution in [1.82, 2.24) is 4.57 Å². The van der Waals surface area contributed by atoms with Gasteiger partial charge in [0.15, 0.2) is 5.43 Å². The Morgan fingerprint density at radius 2 is 1.16 bits per heavy atom. The topological polar surface area (TPSA) is 22.0 Å². The molecular formula is C39H23NOS2. The quantitative estimate of drug-likeness (QED) is 0.176. The van der Waals surface area contributed by atoms with Gasteiger partial charge in [0.05, 0.1) is 11.0 Å². The first-order valence-corrected chi connectivity index (χ1v) is 16.3. The second-order valence-electron chi connectivity index (χ2n) is 11.6. The van der Waals surface area contributed by atoms with E-state index >= 15 is 0 Å². The zero-order chi connectivity index (χ0) is 28.2. The van der Waals surface area contributed by atoms with Crippen LogP contribution in [0, 0.1) is 0 Å². The van der Waals surface area contributed by atoms with Crippen LogP contribution in [-0.4, -0.2) is 4.57 Å². The van der Waals surface area contributed by atoms with E-state index in [1.165, 1.54) is 69.9 Å². The zero-order valence-corrected chi connectivity index (χ0v) is 24.7. The van der Waals surface area contributed by atoms with E-state index in [-0.39, 0.29) is 5.43 Å². The fourth-order valence-corrected chi connectivity index (χ4v) is 9.55. The van der Waals surface area contributed by atoms with Crippen molar-refractivity contribution in [2.45, 2.75) is 12.8 Å². The number of rotatable bonds is 1. The largest absolute Gasteiger partial charge is 0.309 e. The number of para-hydroxylation sites is 1. The SMILES string of the molecule is O=c1c2ccccc2sc2cc3c(cc12)Cc1c(cccc1-n1c2ccccc2c2cc4c(cc21)sc1ccccc14)C3. The molecule has 0 spiro atoms. The molecule has 0 unspecified atom stereocenters. The highest BCUT2D eigenvalue weighted by Gasteiger charge is 2.23. The Labute approximate surface area is 254 Å². The van der Waals surface area contributed by atoms with Crippen LogP contribution < -0.4 is 5.43 Å². The molecule has 0 radical (unpaired) electrons. The smallest absolute Gasteiger partial charge is 0.195 e. The number of fused-ring (bicyclic) bond motifs is 10. The third-order valence-electron chi connectivity index (χ3n) is 9.31. The summed E-state index contributed by atoms with van der Waals surface area (Å²) >= 11 is 3.59. The molecule has 0 amide bonds. The van der Waals surface area contributed by atoms with Gasteiger partial charge in [0.25, 0.3) is 0 Å². The van der Waals surface area contributed by atoms with Crippen molar-refractivity contribution >= 4 is 84.8 Å². The van der Waals surface area contributed by atoms with Crippen LogP contribution in [0.3, 0.4) is 0 Å². The lowest BCUT2D eigenvalue weighted by atomic mass is 9.84. The molecule has 0 saturated heterocycles. The molecule has 202 valence electrons. The number of nitrogens with zero attached hydrogens (tertiary/aromatic N) is 1. The molecule has 0 aliphatic heterocycles. The Balaban J connectivity index is 1.22. The van der Waals surface area contributed by atoms with Gasteiger partial charge >= 0.3 is 0 Å². The molecular weight excluding hydrogens is 563 g/mol. The van der Waals surface area contributed by atoms with Gasteiger partial charge in [0, 0.05) is 63.2 Å². The number of aromatic nitrogens is 1. The molecule has 3 heterocycles. The molecule has 1 aliphatic rings. The molecule has 1 aliphatic carbocycles. The van der Waals surface area contributed by atoms with Crippen LogP contribution in [0.2, 0.25) is 0 Å². The maximum Gasteiger partial charge on any atom is 0.195 e. The molecule has 2 nitrogen and oxygen atoms in total. The fourth-order valence-electron chi connectivity index (χ4n) is 7.31. The summed E-state index contributed by atoms with van der Waals surface area (Å²) in [7, 11) is 0. The van der Waals surface area contributed by atoms with Crippen LogP contribution in [0.25, 0.3) is 67.8 Å². The van der Waals surface area contributed by atoms with Gasteiger partial charge in [0.2, 0.25) is 0 Å². The van der Waals surface area contributed by atoms with Crippen LogP contribution in [0.5, 0.6) is 0 Å². The molecule has 43 heavy (non-hydrogen) atoms. The Hall–Kier alpha value is -4.77. The number of hydrogen-bond donors (Lipinski definition) is 0. The number of hydrogen-bond acceptors (Lipinski definition) is 3. The van der Waals surface area contributed by atoms with Crippen LogP contribution in [0.1, 0.15) is 22.3 Å². The van der Waals surface area contributed by atoms with Crippen LogP contribution in [0.4, 0.5) is 0 Å². The Kier molecular flexibility index (Phi) is 4.77. The van der Waals surface area contributed by atoms with Crippen molar-refractivity contribution in [3.8, 4) is 5.69 Å². The number of benzene rings is 6. The van der Waals surface area contributed by atoms with E-state index in [1.807, 2.05) is 29.5 Å². The van der Waals surface area contributed by atoms with Gasteiger partial charge in [0.1, 0.15) is 0 Å². The van der Waals surface area contributed by atoms with E-state index in [4.69, 9.17) is 0 Å². The summed E-state index contributed by atoms with van der Waals surface area (Å²) < 4.78 is 7.26. The average molecular weight is 586 g/mol. The molecule has 9 aromatic rings. The normalized spacial score (nSPS) is 13.0. The van der Waals surface area contributed by atoms with E-state index in [0.29, 0.717) is 0 Å². The first kappa shape index (κ1) is 23.8. The molecule has 0 saturated carbocycles. The average Bonchev–Trinajstić information content (AvgIpc) is 3.56. The van der Waals surface area contributed by atoms with Crippen LogP contribution in [0.15, 0.2) is 120 Å². The monoisotopic (exact) mass is 585 g/mol. The van der Waals surface area contributed by atoms with Gasteiger partial charge in [-0.05, 0) is 83.3 Å². The minimum absolute atomic E-state index is 0.140. The lowest BCUT2D eigenvalue weighted by Gasteiger charge is -2.24. The predicted molar refractivity (Wildman–Crippen MR) is 185 cm³/mol. The summed E-state index contributed by atoms with van der Waals surface area (Å²) in [6.45, 7) is 0. The lowest BCUT2D eigenvalue weighted by Crippen LogP contribution is -2.12. The molecule has 10 rings (SSSR count). The van der Waals surface area contributed by atoms with Gasteiger partial charge < -0.3 is 4.57 Å². The Morgan fingerprint density at radius 3 is 2.02 bits per heavy atom. The standard InChI is InChI=1S/C39H23NOS2/c41-39-27-11-3-6-15-36(27)43-37-19-23-16-22-8-7-13-33(28(22)17-24(23)18-31(37)39)40-32-12-4-1-9-25(32)29-20-30-26-10-2-5-14-35(26)42-38(30)21-34(29)40/h1-15,18-21H,16-17H2. The van der Waals surface area contributed by atoms with Gasteiger partial charge in [-0.1, -0.05) is 60.7 Å².